The van der Waals surface area contributed by atoms with Crippen LogP contribution in [0.25, 0.3) is 0 Å². The molecule has 2 aromatic rings. The third kappa shape index (κ3) is 7.69. The standard InChI is InChI=1S/C40H52ClN3O8S/c1-25-9-7-18-40(51-6,21-35(45)42-38(3,4)37(47)50-5)32-14-11-29(32)22-44-23-39(17-8-10-27-19-30(41)13-15-31(27)39)24-52-34-16-12-28(20-33(34)44)36(46)43-53(48,49)26(25)2/h7,12-13,15-16,18-20,25-26,29,32H,8-11,14,17,21-24H2,1-6H3,(H,42,45)(H,43,46)/b18-7+/t25-,26+,29-,32+,39-,40+/m0/s1. The Hall–Kier alpha value is -3.61. The van der Waals surface area contributed by atoms with Crippen molar-refractivity contribution in [2.75, 3.05) is 38.8 Å². The maximum Gasteiger partial charge on any atom is 0.330 e. The summed E-state index contributed by atoms with van der Waals surface area (Å²) in [5.41, 5.74) is 0.658. The van der Waals surface area contributed by atoms with E-state index in [1.54, 1.807) is 46.1 Å². The van der Waals surface area contributed by atoms with Crippen LogP contribution in [0.3, 0.4) is 0 Å². The highest BCUT2D eigenvalue weighted by Crippen LogP contribution is 2.50. The van der Waals surface area contributed by atoms with Crippen molar-refractivity contribution in [3.63, 3.8) is 0 Å². The quantitative estimate of drug-likeness (QED) is 0.289. The summed E-state index contributed by atoms with van der Waals surface area (Å²) < 4.78 is 47.3. The highest BCUT2D eigenvalue weighted by atomic mass is 35.5. The Morgan fingerprint density at radius 2 is 1.91 bits per heavy atom. The molecule has 2 bridgehead atoms. The van der Waals surface area contributed by atoms with Crippen molar-refractivity contribution in [3.8, 4) is 5.75 Å². The molecule has 0 saturated heterocycles. The molecular weight excluding hydrogens is 718 g/mol. The van der Waals surface area contributed by atoms with Gasteiger partial charge in [-0.15, -0.1) is 0 Å². The monoisotopic (exact) mass is 769 g/mol. The Morgan fingerprint density at radius 1 is 1.13 bits per heavy atom. The molecule has 11 nitrogen and oxygen atoms in total. The van der Waals surface area contributed by atoms with Gasteiger partial charge in [0.25, 0.3) is 5.91 Å². The minimum atomic E-state index is -4.06. The number of fused-ring (bicyclic) bond motifs is 4. The summed E-state index contributed by atoms with van der Waals surface area (Å²) in [6.45, 7) is 8.20. The van der Waals surface area contributed by atoms with Crippen molar-refractivity contribution < 1.29 is 37.0 Å². The van der Waals surface area contributed by atoms with E-state index >= 15 is 0 Å². The van der Waals surface area contributed by atoms with Crippen LogP contribution >= 0.6 is 11.6 Å². The van der Waals surface area contributed by atoms with Crippen molar-refractivity contribution in [1.29, 1.82) is 0 Å². The number of sulfonamides is 1. The van der Waals surface area contributed by atoms with Crippen LogP contribution in [-0.4, -0.2) is 76.5 Å². The number of aryl methyl sites for hydroxylation is 1. The van der Waals surface area contributed by atoms with E-state index in [4.69, 9.17) is 25.8 Å². The smallest absolute Gasteiger partial charge is 0.330 e. The molecule has 2 amide bonds. The van der Waals surface area contributed by atoms with Crippen LogP contribution < -0.4 is 19.7 Å². The fraction of sp³-hybridized carbons (Fsp3) is 0.575. The van der Waals surface area contributed by atoms with Gasteiger partial charge >= 0.3 is 5.97 Å². The highest BCUT2D eigenvalue weighted by Gasteiger charge is 2.50. The Morgan fingerprint density at radius 3 is 2.60 bits per heavy atom. The van der Waals surface area contributed by atoms with E-state index in [-0.39, 0.29) is 41.1 Å². The van der Waals surface area contributed by atoms with Gasteiger partial charge in [-0.1, -0.05) is 36.7 Å². The Balaban J connectivity index is 1.44. The van der Waals surface area contributed by atoms with Gasteiger partial charge in [-0.25, -0.2) is 17.9 Å². The zero-order chi connectivity index (χ0) is 38.3. The molecule has 6 atom stereocenters. The van der Waals surface area contributed by atoms with Crippen LogP contribution in [0.2, 0.25) is 5.02 Å². The van der Waals surface area contributed by atoms with Crippen LogP contribution in [0.5, 0.6) is 5.75 Å². The topological polar surface area (TPSA) is 140 Å². The van der Waals surface area contributed by atoms with Gasteiger partial charge in [0.05, 0.1) is 36.7 Å². The fourth-order valence-electron chi connectivity index (χ4n) is 8.79. The predicted octanol–water partition coefficient (Wildman–Crippen LogP) is 5.73. The van der Waals surface area contributed by atoms with Crippen LogP contribution in [0.4, 0.5) is 5.69 Å². The first-order valence-corrected chi connectivity index (χ1v) is 20.4. The predicted molar refractivity (Wildman–Crippen MR) is 204 cm³/mol. The molecule has 0 radical (unpaired) electrons. The largest absolute Gasteiger partial charge is 0.490 e. The van der Waals surface area contributed by atoms with Crippen molar-refractivity contribution in [1.82, 2.24) is 10.0 Å². The second kappa shape index (κ2) is 14.9. The maximum atomic E-state index is 13.8. The normalized spacial score (nSPS) is 30.3. The van der Waals surface area contributed by atoms with E-state index in [2.05, 4.69) is 21.0 Å². The highest BCUT2D eigenvalue weighted by molar-refractivity contribution is 7.90. The SMILES string of the molecule is COC(=O)C(C)(C)NC(=O)C[C@]1(OC)/C=C/C[C@H](C)[C@@H](C)S(=O)(=O)NC(=O)c2ccc3c(c2)N(C[C@@H]2CC[C@H]21)C[C@@]1(CCCc2cc(Cl)ccc21)CO3. The minimum Gasteiger partial charge on any atom is -0.490 e. The summed E-state index contributed by atoms with van der Waals surface area (Å²) >= 11 is 6.46. The zero-order valence-corrected chi connectivity index (χ0v) is 33.1. The molecule has 13 heteroatoms. The second-order valence-corrected chi connectivity index (χ2v) is 18.5. The number of hydrogen-bond acceptors (Lipinski definition) is 9. The first-order valence-electron chi connectivity index (χ1n) is 18.5. The average Bonchev–Trinajstić information content (AvgIpc) is 3.24. The van der Waals surface area contributed by atoms with Gasteiger partial charge < -0.3 is 24.4 Å². The third-order valence-corrected chi connectivity index (χ3v) is 14.3. The van der Waals surface area contributed by atoms with Gasteiger partial charge in [-0.3, -0.25) is 9.59 Å². The molecule has 2 aromatic carbocycles. The summed E-state index contributed by atoms with van der Waals surface area (Å²) in [6, 6.07) is 11.2. The molecule has 0 unspecified atom stereocenters. The molecule has 1 spiro atoms. The van der Waals surface area contributed by atoms with E-state index in [0.717, 1.165) is 32.1 Å². The fourth-order valence-corrected chi connectivity index (χ4v) is 10.3. The summed E-state index contributed by atoms with van der Waals surface area (Å²) in [4.78, 5) is 42.1. The molecule has 53 heavy (non-hydrogen) atoms. The van der Waals surface area contributed by atoms with Gasteiger partial charge in [-0.05, 0) is 119 Å². The summed E-state index contributed by atoms with van der Waals surface area (Å²) in [5, 5.41) is 2.63. The number of halogens is 1. The number of carbonyl (C=O) groups is 3. The van der Waals surface area contributed by atoms with Crippen LogP contribution in [0.15, 0.2) is 48.6 Å². The lowest BCUT2D eigenvalue weighted by atomic mass is 9.62. The molecule has 1 saturated carbocycles. The molecular formula is C40H52ClN3O8S. The number of nitrogens with one attached hydrogen (secondary N) is 2. The zero-order valence-electron chi connectivity index (χ0n) is 31.5. The van der Waals surface area contributed by atoms with Crippen molar-refractivity contribution in [2.45, 2.75) is 94.4 Å². The molecule has 288 valence electrons. The van der Waals surface area contributed by atoms with Crippen LogP contribution in [0.1, 0.15) is 87.7 Å². The summed E-state index contributed by atoms with van der Waals surface area (Å²) in [6.07, 6.45) is 8.56. The van der Waals surface area contributed by atoms with Gasteiger partial charge in [0, 0.05) is 36.2 Å². The van der Waals surface area contributed by atoms with Gasteiger partial charge in [0.1, 0.15) is 11.3 Å². The van der Waals surface area contributed by atoms with Gasteiger partial charge in [-0.2, -0.15) is 0 Å². The second-order valence-electron chi connectivity index (χ2n) is 16.0. The first-order chi connectivity index (χ1) is 25.0. The summed E-state index contributed by atoms with van der Waals surface area (Å²) in [5.74, 6) is -1.38. The number of benzene rings is 2. The molecule has 6 rings (SSSR count). The lowest BCUT2D eigenvalue weighted by Crippen LogP contribution is -2.56. The van der Waals surface area contributed by atoms with E-state index in [1.807, 2.05) is 31.2 Å². The number of hydrogen-bond donors (Lipinski definition) is 2. The number of ether oxygens (including phenoxy) is 3. The number of methoxy groups -OCH3 is 2. The number of nitrogens with zero attached hydrogens (tertiary/aromatic N) is 1. The third-order valence-electron chi connectivity index (χ3n) is 12.2. The summed E-state index contributed by atoms with van der Waals surface area (Å²) in [7, 11) is -1.18. The lowest BCUT2D eigenvalue weighted by Gasteiger charge is -2.50. The number of anilines is 1. The number of esters is 1. The number of carbonyl (C=O) groups excluding carboxylic acids is 3. The van der Waals surface area contributed by atoms with Crippen molar-refractivity contribution in [2.24, 2.45) is 17.8 Å². The Kier molecular flexibility index (Phi) is 11.0. The van der Waals surface area contributed by atoms with E-state index in [9.17, 15) is 22.8 Å². The molecule has 2 N–H and O–H groups in total. The maximum absolute atomic E-state index is 13.8. The van der Waals surface area contributed by atoms with E-state index in [1.165, 1.54) is 18.2 Å². The first kappa shape index (κ1) is 39.1. The molecule has 4 aliphatic rings. The lowest BCUT2D eigenvalue weighted by molar-refractivity contribution is -0.151. The molecule has 2 aliphatic carbocycles. The van der Waals surface area contributed by atoms with Crippen molar-refractivity contribution in [3.05, 3.63) is 70.3 Å². The molecule has 1 fully saturated rings. The number of allylic oxidation sites excluding steroid dienone is 1. The minimum absolute atomic E-state index is 0.0538. The average molecular weight is 770 g/mol. The Labute approximate surface area is 318 Å². The van der Waals surface area contributed by atoms with Crippen LogP contribution in [-0.2, 0) is 40.9 Å². The number of rotatable bonds is 5. The number of amides is 2. The Bertz CT molecular complexity index is 1900. The molecule has 2 heterocycles. The molecule has 2 aliphatic heterocycles. The van der Waals surface area contributed by atoms with E-state index < -0.39 is 38.3 Å². The van der Waals surface area contributed by atoms with Crippen molar-refractivity contribution >= 4 is 45.1 Å². The van der Waals surface area contributed by atoms with Gasteiger partial charge in [0.15, 0.2) is 0 Å². The van der Waals surface area contributed by atoms with Crippen LogP contribution in [0, 0.1) is 17.8 Å². The molecule has 0 aromatic heterocycles. The van der Waals surface area contributed by atoms with E-state index in [0.29, 0.717) is 42.6 Å². The van der Waals surface area contributed by atoms with Gasteiger partial charge in [0.2, 0.25) is 15.9 Å².